The van der Waals surface area contributed by atoms with Gasteiger partial charge in [-0.05, 0) is 31.4 Å². The number of H-pyrrole nitrogens is 1. The highest BCUT2D eigenvalue weighted by Gasteiger charge is 2.31. The maximum absolute atomic E-state index is 12.4. The van der Waals surface area contributed by atoms with E-state index in [0.29, 0.717) is 12.5 Å². The highest BCUT2D eigenvalue weighted by atomic mass is 16.5. The summed E-state index contributed by atoms with van der Waals surface area (Å²) in [6.45, 7) is 2.99. The molecule has 2 aliphatic heterocycles. The Kier molecular flexibility index (Phi) is 3.58. The van der Waals surface area contributed by atoms with Crippen LogP contribution in [-0.2, 0) is 9.53 Å². The molecule has 2 fully saturated rings. The number of piperidine rings is 1. The van der Waals surface area contributed by atoms with E-state index >= 15 is 0 Å². The molecular formula is C17H21N3O2. The number of nitrogens with one attached hydrogen (secondary N) is 1. The number of rotatable bonds is 2. The van der Waals surface area contributed by atoms with Crippen LogP contribution in [0.4, 0.5) is 0 Å². The Morgan fingerprint density at radius 3 is 2.77 bits per heavy atom. The minimum absolute atomic E-state index is 0.0859. The Hall–Kier alpha value is -1.88. The van der Waals surface area contributed by atoms with Crippen molar-refractivity contribution in [2.24, 2.45) is 5.92 Å². The summed E-state index contributed by atoms with van der Waals surface area (Å²) in [6.07, 6.45) is 2.85. The van der Waals surface area contributed by atoms with Crippen LogP contribution in [0.2, 0.25) is 0 Å². The Labute approximate surface area is 129 Å². The van der Waals surface area contributed by atoms with Gasteiger partial charge in [0.15, 0.2) is 0 Å². The zero-order valence-electron chi connectivity index (χ0n) is 12.6. The smallest absolute Gasteiger partial charge is 0.228 e. The Morgan fingerprint density at radius 1 is 1.23 bits per heavy atom. The van der Waals surface area contributed by atoms with Crippen LogP contribution in [0.15, 0.2) is 24.3 Å². The summed E-state index contributed by atoms with van der Waals surface area (Å²) < 4.78 is 5.33. The number of aromatic amines is 1. The number of benzene rings is 1. The number of ether oxygens (including phenoxy) is 1. The molecule has 1 N–H and O–H groups in total. The third kappa shape index (κ3) is 2.50. The number of amides is 1. The molecule has 0 spiro atoms. The predicted molar refractivity (Wildman–Crippen MR) is 83.6 cm³/mol. The number of likely N-dealkylation sites (tertiary alicyclic amines) is 1. The van der Waals surface area contributed by atoms with Crippen LogP contribution < -0.4 is 0 Å². The van der Waals surface area contributed by atoms with Gasteiger partial charge in [0.2, 0.25) is 5.91 Å². The van der Waals surface area contributed by atoms with Crippen LogP contribution in [0.5, 0.6) is 0 Å². The fraction of sp³-hybridized carbons (Fsp3) is 0.529. The zero-order valence-corrected chi connectivity index (χ0v) is 12.6. The topological polar surface area (TPSA) is 58.2 Å². The molecule has 1 aromatic heterocycles. The lowest BCUT2D eigenvalue weighted by Gasteiger charge is -2.32. The fourth-order valence-corrected chi connectivity index (χ4v) is 3.53. The van der Waals surface area contributed by atoms with Gasteiger partial charge < -0.3 is 14.6 Å². The molecule has 1 aromatic carbocycles. The van der Waals surface area contributed by atoms with Crippen LogP contribution in [0.3, 0.4) is 0 Å². The standard InChI is InChI=1S/C17H21N3O2/c21-17(13-7-10-22-11-13)20-8-5-12(6-9-20)16-18-14-3-1-2-4-15(14)19-16/h1-4,12-13H,5-11H2,(H,18,19)/t13-/m0/s1. The molecule has 2 saturated heterocycles. The second-order valence-electron chi connectivity index (χ2n) is 6.30. The van der Waals surface area contributed by atoms with Crippen molar-refractivity contribution in [1.82, 2.24) is 14.9 Å². The molecule has 2 aromatic rings. The van der Waals surface area contributed by atoms with E-state index in [-0.39, 0.29) is 11.8 Å². The molecule has 5 heteroatoms. The summed E-state index contributed by atoms with van der Waals surface area (Å²) >= 11 is 0. The summed E-state index contributed by atoms with van der Waals surface area (Å²) in [6, 6.07) is 8.13. The SMILES string of the molecule is O=C([C@H]1CCOC1)N1CCC(c2nc3ccccc3[nH]2)CC1. The van der Waals surface area contributed by atoms with Crippen molar-refractivity contribution in [3.8, 4) is 0 Å². The molecule has 5 nitrogen and oxygen atoms in total. The average Bonchev–Trinajstić information content (AvgIpc) is 3.23. The van der Waals surface area contributed by atoms with E-state index in [4.69, 9.17) is 9.72 Å². The van der Waals surface area contributed by atoms with E-state index in [9.17, 15) is 4.79 Å². The highest BCUT2D eigenvalue weighted by molar-refractivity contribution is 5.79. The molecule has 0 unspecified atom stereocenters. The number of hydrogen-bond acceptors (Lipinski definition) is 3. The van der Waals surface area contributed by atoms with E-state index in [0.717, 1.165) is 55.8 Å². The lowest BCUT2D eigenvalue weighted by atomic mass is 9.95. The van der Waals surface area contributed by atoms with E-state index in [2.05, 4.69) is 11.1 Å². The second-order valence-corrected chi connectivity index (χ2v) is 6.30. The van der Waals surface area contributed by atoms with E-state index < -0.39 is 0 Å². The molecule has 116 valence electrons. The molecule has 0 radical (unpaired) electrons. The molecule has 2 aliphatic rings. The minimum Gasteiger partial charge on any atom is -0.381 e. The summed E-state index contributed by atoms with van der Waals surface area (Å²) in [7, 11) is 0. The van der Waals surface area contributed by atoms with Gasteiger partial charge in [0.25, 0.3) is 0 Å². The molecule has 1 amide bonds. The predicted octanol–water partition coefficient (Wildman–Crippen LogP) is 2.31. The lowest BCUT2D eigenvalue weighted by Crippen LogP contribution is -2.41. The van der Waals surface area contributed by atoms with Gasteiger partial charge in [-0.15, -0.1) is 0 Å². The molecule has 4 rings (SSSR count). The first-order valence-corrected chi connectivity index (χ1v) is 8.12. The average molecular weight is 299 g/mol. The Morgan fingerprint density at radius 2 is 2.05 bits per heavy atom. The number of aromatic nitrogens is 2. The van der Waals surface area contributed by atoms with Crippen molar-refractivity contribution in [2.75, 3.05) is 26.3 Å². The molecule has 3 heterocycles. The first-order valence-electron chi connectivity index (χ1n) is 8.12. The third-order valence-corrected chi connectivity index (χ3v) is 4.88. The quantitative estimate of drug-likeness (QED) is 0.925. The van der Waals surface area contributed by atoms with Gasteiger partial charge in [-0.1, -0.05) is 12.1 Å². The van der Waals surface area contributed by atoms with Gasteiger partial charge >= 0.3 is 0 Å². The van der Waals surface area contributed by atoms with Crippen LogP contribution in [0.25, 0.3) is 11.0 Å². The van der Waals surface area contributed by atoms with Gasteiger partial charge in [-0.3, -0.25) is 4.79 Å². The van der Waals surface area contributed by atoms with Gasteiger partial charge in [-0.2, -0.15) is 0 Å². The van der Waals surface area contributed by atoms with Crippen molar-refractivity contribution in [1.29, 1.82) is 0 Å². The molecule has 0 bridgehead atoms. The minimum atomic E-state index is 0.0859. The zero-order chi connectivity index (χ0) is 14.9. The van der Waals surface area contributed by atoms with Crippen molar-refractivity contribution in [3.05, 3.63) is 30.1 Å². The van der Waals surface area contributed by atoms with E-state index in [1.54, 1.807) is 0 Å². The number of para-hydroxylation sites is 2. The maximum atomic E-state index is 12.4. The monoisotopic (exact) mass is 299 g/mol. The molecule has 1 atom stereocenters. The first kappa shape index (κ1) is 13.8. The van der Waals surface area contributed by atoms with Gasteiger partial charge in [0.1, 0.15) is 5.82 Å². The summed E-state index contributed by atoms with van der Waals surface area (Å²) in [5, 5.41) is 0. The molecular weight excluding hydrogens is 278 g/mol. The van der Waals surface area contributed by atoms with Crippen LogP contribution >= 0.6 is 0 Å². The van der Waals surface area contributed by atoms with Gasteiger partial charge in [0.05, 0.1) is 23.6 Å². The largest absolute Gasteiger partial charge is 0.381 e. The van der Waals surface area contributed by atoms with E-state index in [1.165, 1.54) is 0 Å². The van der Waals surface area contributed by atoms with Gasteiger partial charge in [0, 0.05) is 25.6 Å². The molecule has 22 heavy (non-hydrogen) atoms. The highest BCUT2D eigenvalue weighted by Crippen LogP contribution is 2.29. The Bertz CT molecular complexity index is 634. The third-order valence-electron chi connectivity index (χ3n) is 4.88. The van der Waals surface area contributed by atoms with Crippen molar-refractivity contribution < 1.29 is 9.53 Å². The maximum Gasteiger partial charge on any atom is 0.228 e. The first-order chi connectivity index (χ1) is 10.8. The van der Waals surface area contributed by atoms with Crippen molar-refractivity contribution in [2.45, 2.75) is 25.2 Å². The number of nitrogens with zero attached hydrogens (tertiary/aromatic N) is 2. The number of hydrogen-bond donors (Lipinski definition) is 1. The van der Waals surface area contributed by atoms with Crippen LogP contribution in [0, 0.1) is 5.92 Å². The number of imidazole rings is 1. The van der Waals surface area contributed by atoms with Crippen LogP contribution in [0.1, 0.15) is 31.0 Å². The van der Waals surface area contributed by atoms with Crippen molar-refractivity contribution >= 4 is 16.9 Å². The summed E-state index contributed by atoms with van der Waals surface area (Å²) in [5.74, 6) is 1.86. The Balaban J connectivity index is 1.41. The van der Waals surface area contributed by atoms with Gasteiger partial charge in [-0.25, -0.2) is 4.98 Å². The van der Waals surface area contributed by atoms with E-state index in [1.807, 2.05) is 23.1 Å². The number of carbonyl (C=O) groups is 1. The molecule has 0 aliphatic carbocycles. The van der Waals surface area contributed by atoms with Crippen molar-refractivity contribution in [3.63, 3.8) is 0 Å². The number of fused-ring (bicyclic) bond motifs is 1. The number of carbonyl (C=O) groups excluding carboxylic acids is 1. The van der Waals surface area contributed by atoms with Crippen LogP contribution in [-0.4, -0.2) is 47.1 Å². The lowest BCUT2D eigenvalue weighted by molar-refractivity contribution is -0.136. The normalized spacial score (nSPS) is 23.3. The summed E-state index contributed by atoms with van der Waals surface area (Å²) in [4.78, 5) is 22.6. The fourth-order valence-electron chi connectivity index (χ4n) is 3.53. The molecule has 0 saturated carbocycles. The summed E-state index contributed by atoms with van der Waals surface area (Å²) in [5.41, 5.74) is 2.12. The second kappa shape index (κ2) is 5.72.